The van der Waals surface area contributed by atoms with Crippen molar-refractivity contribution in [3.63, 3.8) is 0 Å². The SMILES string of the molecule is CNC1CCCN(C(=O)C(NC(=O)c2ccccn2)C(C)C)C1.Cl.Cl. The van der Waals surface area contributed by atoms with E-state index in [4.69, 9.17) is 0 Å². The molecule has 1 aromatic rings. The van der Waals surface area contributed by atoms with Crippen LogP contribution in [0.1, 0.15) is 37.2 Å². The van der Waals surface area contributed by atoms with Crippen LogP contribution in [0.4, 0.5) is 0 Å². The first-order chi connectivity index (χ1) is 11.0. The molecular formula is C17H28Cl2N4O2. The highest BCUT2D eigenvalue weighted by Gasteiger charge is 2.31. The Morgan fingerprint density at radius 2 is 2.00 bits per heavy atom. The van der Waals surface area contributed by atoms with E-state index in [-0.39, 0.29) is 42.5 Å². The molecule has 1 fully saturated rings. The zero-order valence-electron chi connectivity index (χ0n) is 14.9. The van der Waals surface area contributed by atoms with Crippen molar-refractivity contribution in [3.05, 3.63) is 30.1 Å². The average molecular weight is 391 g/mol. The fourth-order valence-corrected chi connectivity index (χ4v) is 2.84. The number of aromatic nitrogens is 1. The number of hydrogen-bond acceptors (Lipinski definition) is 4. The Hall–Kier alpha value is -1.37. The van der Waals surface area contributed by atoms with Crippen molar-refractivity contribution in [2.75, 3.05) is 20.1 Å². The van der Waals surface area contributed by atoms with Crippen molar-refractivity contribution in [1.29, 1.82) is 0 Å². The van der Waals surface area contributed by atoms with Crippen LogP contribution in [0.15, 0.2) is 24.4 Å². The van der Waals surface area contributed by atoms with Gasteiger partial charge in [-0.1, -0.05) is 19.9 Å². The Balaban J connectivity index is 0.00000288. The Labute approximate surface area is 162 Å². The second-order valence-electron chi connectivity index (χ2n) is 6.32. The molecule has 1 aromatic heterocycles. The van der Waals surface area contributed by atoms with Gasteiger partial charge in [0.1, 0.15) is 11.7 Å². The minimum atomic E-state index is -0.528. The van der Waals surface area contributed by atoms with Crippen molar-refractivity contribution in [2.45, 2.75) is 38.8 Å². The summed E-state index contributed by atoms with van der Waals surface area (Å²) in [4.78, 5) is 31.0. The highest BCUT2D eigenvalue weighted by molar-refractivity contribution is 5.96. The lowest BCUT2D eigenvalue weighted by Crippen LogP contribution is -2.55. The molecule has 2 amide bonds. The molecule has 142 valence electrons. The van der Waals surface area contributed by atoms with E-state index in [0.29, 0.717) is 18.3 Å². The number of likely N-dealkylation sites (tertiary alicyclic amines) is 1. The zero-order valence-corrected chi connectivity index (χ0v) is 16.5. The minimum absolute atomic E-state index is 0. The van der Waals surface area contributed by atoms with Gasteiger partial charge in [-0.25, -0.2) is 0 Å². The van der Waals surface area contributed by atoms with Crippen LogP contribution in [-0.4, -0.2) is 53.9 Å². The van der Waals surface area contributed by atoms with Gasteiger partial charge in [-0.2, -0.15) is 0 Å². The van der Waals surface area contributed by atoms with E-state index < -0.39 is 6.04 Å². The summed E-state index contributed by atoms with van der Waals surface area (Å²) in [6, 6.07) is 4.96. The van der Waals surface area contributed by atoms with E-state index in [2.05, 4.69) is 15.6 Å². The number of carbonyl (C=O) groups excluding carboxylic acids is 2. The van der Waals surface area contributed by atoms with E-state index in [9.17, 15) is 9.59 Å². The van der Waals surface area contributed by atoms with Crippen LogP contribution in [0.5, 0.6) is 0 Å². The molecule has 1 aliphatic heterocycles. The summed E-state index contributed by atoms with van der Waals surface area (Å²) in [5.41, 5.74) is 0.331. The number of pyridine rings is 1. The van der Waals surface area contributed by atoms with Gasteiger partial charge in [-0.15, -0.1) is 24.8 Å². The maximum Gasteiger partial charge on any atom is 0.270 e. The van der Waals surface area contributed by atoms with Gasteiger partial charge in [-0.3, -0.25) is 14.6 Å². The first kappa shape index (κ1) is 23.6. The molecule has 0 radical (unpaired) electrons. The summed E-state index contributed by atoms with van der Waals surface area (Å²) < 4.78 is 0. The zero-order chi connectivity index (χ0) is 16.8. The molecule has 0 aromatic carbocycles. The number of likely N-dealkylation sites (N-methyl/N-ethyl adjacent to an activating group) is 1. The molecule has 2 rings (SSSR count). The number of nitrogens with one attached hydrogen (secondary N) is 2. The topological polar surface area (TPSA) is 74.3 Å². The summed E-state index contributed by atoms with van der Waals surface area (Å²) in [6.45, 7) is 5.33. The normalized spacial score (nSPS) is 17.9. The van der Waals surface area contributed by atoms with E-state index in [1.54, 1.807) is 24.4 Å². The predicted octanol–water partition coefficient (Wildman–Crippen LogP) is 1.89. The number of rotatable bonds is 5. The lowest BCUT2D eigenvalue weighted by atomic mass is 9.99. The lowest BCUT2D eigenvalue weighted by Gasteiger charge is -2.36. The summed E-state index contributed by atoms with van der Waals surface area (Å²) >= 11 is 0. The first-order valence-corrected chi connectivity index (χ1v) is 8.21. The van der Waals surface area contributed by atoms with E-state index in [0.717, 1.165) is 19.4 Å². The molecule has 25 heavy (non-hydrogen) atoms. The molecule has 2 atom stereocenters. The second kappa shape index (κ2) is 11.3. The Bertz CT molecular complexity index is 543. The number of nitrogens with zero attached hydrogens (tertiary/aromatic N) is 2. The number of hydrogen-bond donors (Lipinski definition) is 2. The van der Waals surface area contributed by atoms with Crippen LogP contribution < -0.4 is 10.6 Å². The number of halogens is 2. The van der Waals surface area contributed by atoms with E-state index in [1.165, 1.54) is 0 Å². The van der Waals surface area contributed by atoms with Gasteiger partial charge in [0.25, 0.3) is 5.91 Å². The Morgan fingerprint density at radius 3 is 2.56 bits per heavy atom. The van der Waals surface area contributed by atoms with Gasteiger partial charge in [0.2, 0.25) is 5.91 Å². The molecule has 0 spiro atoms. The third kappa shape index (κ3) is 6.45. The molecule has 2 heterocycles. The highest BCUT2D eigenvalue weighted by atomic mass is 35.5. The molecule has 2 N–H and O–H groups in total. The van der Waals surface area contributed by atoms with Crippen molar-refractivity contribution < 1.29 is 9.59 Å². The summed E-state index contributed by atoms with van der Waals surface area (Å²) in [5.74, 6) is -0.297. The number of piperidine rings is 1. The third-order valence-corrected chi connectivity index (χ3v) is 4.26. The molecule has 0 aliphatic carbocycles. The van der Waals surface area contributed by atoms with Crippen molar-refractivity contribution in [1.82, 2.24) is 20.5 Å². The molecule has 1 saturated heterocycles. The van der Waals surface area contributed by atoms with Gasteiger partial charge >= 0.3 is 0 Å². The van der Waals surface area contributed by atoms with Gasteiger partial charge in [0.05, 0.1) is 0 Å². The molecule has 1 aliphatic rings. The minimum Gasteiger partial charge on any atom is -0.339 e. The molecular weight excluding hydrogens is 363 g/mol. The fraction of sp³-hybridized carbons (Fsp3) is 0.588. The monoisotopic (exact) mass is 390 g/mol. The molecule has 0 saturated carbocycles. The fourth-order valence-electron chi connectivity index (χ4n) is 2.84. The molecule has 0 bridgehead atoms. The quantitative estimate of drug-likeness (QED) is 0.804. The molecule has 2 unspecified atom stereocenters. The highest BCUT2D eigenvalue weighted by Crippen LogP contribution is 2.14. The van der Waals surface area contributed by atoms with Gasteiger partial charge in [-0.05, 0) is 37.9 Å². The van der Waals surface area contributed by atoms with Crippen LogP contribution in [-0.2, 0) is 4.79 Å². The third-order valence-electron chi connectivity index (χ3n) is 4.26. The van der Waals surface area contributed by atoms with Gasteiger partial charge < -0.3 is 15.5 Å². The Morgan fingerprint density at radius 1 is 1.28 bits per heavy atom. The van der Waals surface area contributed by atoms with Crippen molar-refractivity contribution in [3.8, 4) is 0 Å². The smallest absolute Gasteiger partial charge is 0.270 e. The maximum atomic E-state index is 12.8. The van der Waals surface area contributed by atoms with Crippen molar-refractivity contribution >= 4 is 36.6 Å². The number of amides is 2. The van der Waals surface area contributed by atoms with Crippen LogP contribution in [0.3, 0.4) is 0 Å². The first-order valence-electron chi connectivity index (χ1n) is 8.21. The predicted molar refractivity (Wildman–Crippen MR) is 103 cm³/mol. The lowest BCUT2D eigenvalue weighted by molar-refractivity contribution is -0.135. The maximum absolute atomic E-state index is 12.8. The summed E-state index contributed by atoms with van der Waals surface area (Å²) in [5, 5.41) is 6.08. The number of carbonyl (C=O) groups is 2. The van der Waals surface area contributed by atoms with E-state index in [1.807, 2.05) is 25.8 Å². The van der Waals surface area contributed by atoms with Crippen LogP contribution in [0.25, 0.3) is 0 Å². The van der Waals surface area contributed by atoms with Crippen LogP contribution >= 0.6 is 24.8 Å². The summed E-state index contributed by atoms with van der Waals surface area (Å²) in [7, 11) is 1.92. The Kier molecular flexibility index (Phi) is 10.7. The summed E-state index contributed by atoms with van der Waals surface area (Å²) in [6.07, 6.45) is 3.63. The standard InChI is InChI=1S/C17H26N4O2.2ClH/c1-12(2)15(20-16(22)14-8-4-5-9-19-14)17(23)21-10-6-7-13(11-21)18-3;;/h4-5,8-9,12-13,15,18H,6-7,10-11H2,1-3H3,(H,20,22);2*1H. The van der Waals surface area contributed by atoms with Gasteiger partial charge in [0, 0.05) is 25.3 Å². The van der Waals surface area contributed by atoms with Crippen LogP contribution in [0.2, 0.25) is 0 Å². The van der Waals surface area contributed by atoms with E-state index >= 15 is 0 Å². The van der Waals surface area contributed by atoms with Crippen LogP contribution in [0, 0.1) is 5.92 Å². The second-order valence-corrected chi connectivity index (χ2v) is 6.32. The largest absolute Gasteiger partial charge is 0.339 e. The molecule has 6 nitrogen and oxygen atoms in total. The van der Waals surface area contributed by atoms with Gasteiger partial charge in [0.15, 0.2) is 0 Å². The molecule has 8 heteroatoms. The average Bonchev–Trinajstić information content (AvgIpc) is 2.59. The van der Waals surface area contributed by atoms with Crippen molar-refractivity contribution in [2.24, 2.45) is 5.92 Å².